The van der Waals surface area contributed by atoms with Gasteiger partial charge in [0.2, 0.25) is 0 Å². The third kappa shape index (κ3) is 1.87. The summed E-state index contributed by atoms with van der Waals surface area (Å²) in [5, 5.41) is 0. The van der Waals surface area contributed by atoms with E-state index in [1.54, 1.807) is 0 Å². The number of aryl methyl sites for hydroxylation is 1. The minimum atomic E-state index is 1.18. The highest BCUT2D eigenvalue weighted by Gasteiger charge is 2.11. The second kappa shape index (κ2) is 3.58. The Balaban J connectivity index is 1.94. The van der Waals surface area contributed by atoms with Crippen LogP contribution in [0.25, 0.3) is 0 Å². The Morgan fingerprint density at radius 1 is 1.33 bits per heavy atom. The second-order valence-corrected chi connectivity index (χ2v) is 4.87. The van der Waals surface area contributed by atoms with E-state index in [0.717, 1.165) is 0 Å². The molecule has 66 valence electrons. The van der Waals surface area contributed by atoms with Crippen molar-refractivity contribution in [1.29, 1.82) is 0 Å². The predicted molar refractivity (Wildman–Crippen MR) is 53.6 cm³/mol. The van der Waals surface area contributed by atoms with Crippen molar-refractivity contribution in [2.45, 2.75) is 26.3 Å². The van der Waals surface area contributed by atoms with Gasteiger partial charge in [0.1, 0.15) is 0 Å². The third-order valence-electron chi connectivity index (χ3n) is 2.37. The predicted octanol–water partition coefficient (Wildman–Crippen LogP) is 2.65. The maximum atomic E-state index is 2.55. The van der Waals surface area contributed by atoms with E-state index in [4.69, 9.17) is 0 Å². The van der Waals surface area contributed by atoms with Gasteiger partial charge in [-0.2, -0.15) is 0 Å². The summed E-state index contributed by atoms with van der Waals surface area (Å²) in [5.74, 6) is 0. The van der Waals surface area contributed by atoms with Crippen LogP contribution >= 0.6 is 11.3 Å². The van der Waals surface area contributed by atoms with Crippen LogP contribution in [0.2, 0.25) is 0 Å². The van der Waals surface area contributed by atoms with Crippen molar-refractivity contribution in [3.63, 3.8) is 0 Å². The van der Waals surface area contributed by atoms with Gasteiger partial charge in [-0.25, -0.2) is 0 Å². The molecular formula is C10H15NS. The second-order valence-electron chi connectivity index (χ2n) is 3.50. The summed E-state index contributed by atoms with van der Waals surface area (Å²) < 4.78 is 0. The highest BCUT2D eigenvalue weighted by Crippen LogP contribution is 2.19. The molecular weight excluding hydrogens is 166 g/mol. The van der Waals surface area contributed by atoms with E-state index in [2.05, 4.69) is 24.0 Å². The van der Waals surface area contributed by atoms with E-state index in [1.807, 2.05) is 11.3 Å². The zero-order chi connectivity index (χ0) is 8.39. The molecule has 0 radical (unpaired) electrons. The van der Waals surface area contributed by atoms with Gasteiger partial charge in [0.05, 0.1) is 0 Å². The van der Waals surface area contributed by atoms with Gasteiger partial charge in [-0.1, -0.05) is 0 Å². The minimum Gasteiger partial charge on any atom is -0.298 e. The molecule has 0 aromatic carbocycles. The molecule has 0 spiro atoms. The Morgan fingerprint density at radius 2 is 2.08 bits per heavy atom. The first-order valence-corrected chi connectivity index (χ1v) is 5.44. The number of rotatable bonds is 2. The van der Waals surface area contributed by atoms with Gasteiger partial charge in [0, 0.05) is 16.3 Å². The average molecular weight is 181 g/mol. The minimum absolute atomic E-state index is 1.18. The number of likely N-dealkylation sites (tertiary alicyclic amines) is 1. The molecule has 0 aliphatic carbocycles. The summed E-state index contributed by atoms with van der Waals surface area (Å²) >= 11 is 1.93. The Kier molecular flexibility index (Phi) is 2.47. The Hall–Kier alpha value is -0.340. The van der Waals surface area contributed by atoms with Crippen LogP contribution in [-0.2, 0) is 6.54 Å². The molecule has 0 unspecified atom stereocenters. The van der Waals surface area contributed by atoms with E-state index < -0.39 is 0 Å². The molecule has 1 aliphatic rings. The fourth-order valence-corrected chi connectivity index (χ4v) is 2.66. The summed E-state index contributed by atoms with van der Waals surface area (Å²) in [4.78, 5) is 5.50. The van der Waals surface area contributed by atoms with Crippen LogP contribution in [0.3, 0.4) is 0 Å². The summed E-state index contributed by atoms with van der Waals surface area (Å²) in [5.41, 5.74) is 0. The SMILES string of the molecule is Cc1ccc(CN2CCCC2)s1. The zero-order valence-electron chi connectivity index (χ0n) is 7.55. The van der Waals surface area contributed by atoms with Crippen LogP contribution in [0.4, 0.5) is 0 Å². The summed E-state index contributed by atoms with van der Waals surface area (Å²) in [6.45, 7) is 5.96. The van der Waals surface area contributed by atoms with Crippen LogP contribution in [0.15, 0.2) is 12.1 Å². The fourth-order valence-electron chi connectivity index (χ4n) is 1.73. The Morgan fingerprint density at radius 3 is 2.67 bits per heavy atom. The van der Waals surface area contributed by atoms with Crippen molar-refractivity contribution >= 4 is 11.3 Å². The lowest BCUT2D eigenvalue weighted by Gasteiger charge is -2.12. The normalized spacial score (nSPS) is 18.8. The van der Waals surface area contributed by atoms with Crippen LogP contribution < -0.4 is 0 Å². The van der Waals surface area contributed by atoms with Crippen LogP contribution in [0.5, 0.6) is 0 Å². The first-order chi connectivity index (χ1) is 5.84. The molecule has 0 N–H and O–H groups in total. The van der Waals surface area contributed by atoms with Gasteiger partial charge in [-0.05, 0) is 45.0 Å². The average Bonchev–Trinajstić information content (AvgIpc) is 2.63. The number of thiophene rings is 1. The van der Waals surface area contributed by atoms with E-state index in [1.165, 1.54) is 42.2 Å². The largest absolute Gasteiger partial charge is 0.298 e. The van der Waals surface area contributed by atoms with Crippen molar-refractivity contribution in [3.8, 4) is 0 Å². The lowest BCUT2D eigenvalue weighted by atomic mass is 10.4. The molecule has 0 saturated carbocycles. The van der Waals surface area contributed by atoms with Gasteiger partial charge < -0.3 is 0 Å². The first-order valence-electron chi connectivity index (χ1n) is 4.62. The van der Waals surface area contributed by atoms with E-state index in [-0.39, 0.29) is 0 Å². The maximum absolute atomic E-state index is 2.55. The number of hydrogen-bond acceptors (Lipinski definition) is 2. The molecule has 0 bridgehead atoms. The van der Waals surface area contributed by atoms with Crippen molar-refractivity contribution in [1.82, 2.24) is 4.90 Å². The summed E-state index contributed by atoms with van der Waals surface area (Å²) in [6.07, 6.45) is 2.79. The molecule has 0 amide bonds. The topological polar surface area (TPSA) is 3.24 Å². The molecule has 1 aromatic heterocycles. The fraction of sp³-hybridized carbons (Fsp3) is 0.600. The molecule has 1 fully saturated rings. The Bertz CT molecular complexity index is 248. The van der Waals surface area contributed by atoms with Gasteiger partial charge in [0.25, 0.3) is 0 Å². The standard InChI is InChI=1S/C10H15NS/c1-9-4-5-10(12-9)8-11-6-2-3-7-11/h4-5H,2-3,6-8H2,1H3. The van der Waals surface area contributed by atoms with Gasteiger partial charge in [-0.15, -0.1) is 11.3 Å². The molecule has 2 heterocycles. The molecule has 2 rings (SSSR count). The van der Waals surface area contributed by atoms with Crippen molar-refractivity contribution in [3.05, 3.63) is 21.9 Å². The van der Waals surface area contributed by atoms with Crippen LogP contribution in [0.1, 0.15) is 22.6 Å². The smallest absolute Gasteiger partial charge is 0.0328 e. The Labute approximate surface area is 78.0 Å². The molecule has 1 aliphatic heterocycles. The van der Waals surface area contributed by atoms with Gasteiger partial charge in [-0.3, -0.25) is 4.90 Å². The maximum Gasteiger partial charge on any atom is 0.0328 e. The lowest BCUT2D eigenvalue weighted by molar-refractivity contribution is 0.334. The molecule has 1 aromatic rings. The van der Waals surface area contributed by atoms with Gasteiger partial charge >= 0.3 is 0 Å². The van der Waals surface area contributed by atoms with E-state index in [9.17, 15) is 0 Å². The van der Waals surface area contributed by atoms with Gasteiger partial charge in [0.15, 0.2) is 0 Å². The van der Waals surface area contributed by atoms with E-state index in [0.29, 0.717) is 0 Å². The van der Waals surface area contributed by atoms with Crippen molar-refractivity contribution < 1.29 is 0 Å². The number of nitrogens with zero attached hydrogens (tertiary/aromatic N) is 1. The number of hydrogen-bond donors (Lipinski definition) is 0. The molecule has 12 heavy (non-hydrogen) atoms. The van der Waals surface area contributed by atoms with Crippen LogP contribution in [0, 0.1) is 6.92 Å². The zero-order valence-corrected chi connectivity index (χ0v) is 8.36. The molecule has 2 heteroatoms. The van der Waals surface area contributed by atoms with Crippen molar-refractivity contribution in [2.24, 2.45) is 0 Å². The highest BCUT2D eigenvalue weighted by atomic mass is 32.1. The monoisotopic (exact) mass is 181 g/mol. The highest BCUT2D eigenvalue weighted by molar-refractivity contribution is 7.11. The molecule has 1 nitrogen and oxygen atoms in total. The van der Waals surface area contributed by atoms with Crippen LogP contribution in [-0.4, -0.2) is 18.0 Å². The molecule has 1 saturated heterocycles. The first kappa shape index (κ1) is 8.27. The summed E-state index contributed by atoms with van der Waals surface area (Å²) in [6, 6.07) is 4.48. The van der Waals surface area contributed by atoms with E-state index >= 15 is 0 Å². The third-order valence-corrected chi connectivity index (χ3v) is 3.36. The lowest BCUT2D eigenvalue weighted by Crippen LogP contribution is -2.17. The van der Waals surface area contributed by atoms with Crippen molar-refractivity contribution in [2.75, 3.05) is 13.1 Å². The summed E-state index contributed by atoms with van der Waals surface area (Å²) in [7, 11) is 0. The molecule has 0 atom stereocenters. The quantitative estimate of drug-likeness (QED) is 0.678.